The first kappa shape index (κ1) is 14.6. The second-order valence-electron chi connectivity index (χ2n) is 5.30. The summed E-state index contributed by atoms with van der Waals surface area (Å²) in [4.78, 5) is 10.8. The zero-order valence-corrected chi connectivity index (χ0v) is 12.2. The number of sulfonamides is 1. The molecule has 0 aromatic carbocycles. The number of ether oxygens (including phenoxy) is 1. The zero-order valence-electron chi connectivity index (χ0n) is 11.4. The van der Waals surface area contributed by atoms with Crippen molar-refractivity contribution in [3.05, 3.63) is 17.9 Å². The Labute approximate surface area is 122 Å². The lowest BCUT2D eigenvalue weighted by molar-refractivity contribution is -0.0589. The number of fused-ring (bicyclic) bond motifs is 1. The number of hydrogen-bond acceptors (Lipinski definition) is 5. The van der Waals surface area contributed by atoms with Crippen molar-refractivity contribution in [1.82, 2.24) is 4.31 Å². The molecule has 1 aromatic rings. The number of carboxylic acid groups (broad SMARTS) is 1. The van der Waals surface area contributed by atoms with Crippen LogP contribution in [0.15, 0.2) is 21.6 Å². The van der Waals surface area contributed by atoms with Crippen molar-refractivity contribution in [1.29, 1.82) is 0 Å². The summed E-state index contributed by atoms with van der Waals surface area (Å²) in [6.07, 6.45) is 3.55. The summed E-state index contributed by atoms with van der Waals surface area (Å²) in [5, 5.41) is 8.53. The molecule has 116 valence electrons. The molecule has 2 atom stereocenters. The van der Waals surface area contributed by atoms with Crippen LogP contribution in [0.4, 0.5) is 0 Å². The van der Waals surface area contributed by atoms with Gasteiger partial charge in [0.25, 0.3) is 10.0 Å². The molecule has 2 fully saturated rings. The Balaban J connectivity index is 1.90. The summed E-state index contributed by atoms with van der Waals surface area (Å²) in [6.45, 7) is 0.625. The van der Waals surface area contributed by atoms with Gasteiger partial charge >= 0.3 is 5.97 Å². The van der Waals surface area contributed by atoms with Gasteiger partial charge in [-0.2, -0.15) is 4.31 Å². The first-order valence-electron chi connectivity index (χ1n) is 6.97. The van der Waals surface area contributed by atoms with Gasteiger partial charge in [0.2, 0.25) is 10.9 Å². The second kappa shape index (κ2) is 5.43. The van der Waals surface area contributed by atoms with E-state index in [1.165, 1.54) is 10.4 Å². The second-order valence-corrected chi connectivity index (χ2v) is 7.12. The molecule has 1 saturated carbocycles. The van der Waals surface area contributed by atoms with Crippen molar-refractivity contribution >= 4 is 16.0 Å². The van der Waals surface area contributed by atoms with E-state index in [1.54, 1.807) is 0 Å². The van der Waals surface area contributed by atoms with Gasteiger partial charge in [-0.3, -0.25) is 0 Å². The van der Waals surface area contributed by atoms with Crippen LogP contribution in [0.1, 0.15) is 36.2 Å². The third kappa shape index (κ3) is 2.58. The zero-order chi connectivity index (χ0) is 15.0. The molecule has 0 spiro atoms. The minimum Gasteiger partial charge on any atom is -0.475 e. The Morgan fingerprint density at radius 2 is 2.05 bits per heavy atom. The van der Waals surface area contributed by atoms with E-state index in [0.717, 1.165) is 31.7 Å². The molecule has 1 aromatic heterocycles. The minimum atomic E-state index is -3.82. The van der Waals surface area contributed by atoms with Crippen LogP contribution >= 0.6 is 0 Å². The molecule has 8 heteroatoms. The maximum Gasteiger partial charge on any atom is 0.371 e. The Morgan fingerprint density at radius 1 is 1.29 bits per heavy atom. The van der Waals surface area contributed by atoms with Gasteiger partial charge < -0.3 is 14.3 Å². The van der Waals surface area contributed by atoms with E-state index in [0.29, 0.717) is 6.61 Å². The summed E-state index contributed by atoms with van der Waals surface area (Å²) in [7, 11) is -3.82. The fourth-order valence-corrected chi connectivity index (χ4v) is 4.63. The van der Waals surface area contributed by atoms with Crippen LogP contribution in [0.3, 0.4) is 0 Å². The highest BCUT2D eigenvalue weighted by molar-refractivity contribution is 7.89. The number of furan rings is 1. The fourth-order valence-electron chi connectivity index (χ4n) is 3.05. The van der Waals surface area contributed by atoms with E-state index < -0.39 is 16.0 Å². The predicted molar refractivity (Wildman–Crippen MR) is 71.6 cm³/mol. The average Bonchev–Trinajstić information content (AvgIpc) is 2.97. The van der Waals surface area contributed by atoms with Crippen LogP contribution in [-0.2, 0) is 14.8 Å². The lowest BCUT2D eigenvalue weighted by Gasteiger charge is -2.42. The summed E-state index contributed by atoms with van der Waals surface area (Å²) in [6, 6.07) is 2.18. The van der Waals surface area contributed by atoms with Gasteiger partial charge in [0.1, 0.15) is 0 Å². The van der Waals surface area contributed by atoms with Gasteiger partial charge in [0.05, 0.1) is 18.8 Å². The SMILES string of the molecule is O=C(O)c1ccc(S(=O)(=O)N2CCOC3CCCCC32)o1. The van der Waals surface area contributed by atoms with E-state index in [-0.39, 0.29) is 29.5 Å². The van der Waals surface area contributed by atoms with Gasteiger partial charge in [0.15, 0.2) is 0 Å². The molecule has 2 aliphatic rings. The maximum absolute atomic E-state index is 12.7. The third-order valence-corrected chi connectivity index (χ3v) is 5.84. The van der Waals surface area contributed by atoms with Crippen molar-refractivity contribution in [3.63, 3.8) is 0 Å². The lowest BCUT2D eigenvalue weighted by atomic mass is 9.91. The summed E-state index contributed by atoms with van der Waals surface area (Å²) in [5.41, 5.74) is 0. The van der Waals surface area contributed by atoms with Crippen LogP contribution < -0.4 is 0 Å². The highest BCUT2D eigenvalue weighted by Gasteiger charge is 2.42. The molecule has 0 radical (unpaired) electrons. The molecular weight excluding hydrogens is 298 g/mol. The Kier molecular flexibility index (Phi) is 3.76. The topological polar surface area (TPSA) is 97.0 Å². The van der Waals surface area contributed by atoms with Crippen molar-refractivity contribution in [3.8, 4) is 0 Å². The smallest absolute Gasteiger partial charge is 0.371 e. The Bertz CT molecular complexity index is 635. The largest absolute Gasteiger partial charge is 0.475 e. The summed E-state index contributed by atoms with van der Waals surface area (Å²) >= 11 is 0. The number of carbonyl (C=O) groups is 1. The average molecular weight is 315 g/mol. The number of morpholine rings is 1. The molecule has 1 aliphatic heterocycles. The number of nitrogens with zero attached hydrogens (tertiary/aromatic N) is 1. The molecule has 0 amide bonds. The van der Waals surface area contributed by atoms with Crippen LogP contribution in [-0.4, -0.2) is 49.1 Å². The van der Waals surface area contributed by atoms with E-state index in [1.807, 2.05) is 0 Å². The summed E-state index contributed by atoms with van der Waals surface area (Å²) in [5.74, 6) is -1.66. The number of carboxylic acids is 1. The van der Waals surface area contributed by atoms with Crippen LogP contribution in [0.25, 0.3) is 0 Å². The quantitative estimate of drug-likeness (QED) is 0.903. The fraction of sp³-hybridized carbons (Fsp3) is 0.615. The van der Waals surface area contributed by atoms with E-state index in [9.17, 15) is 13.2 Å². The van der Waals surface area contributed by atoms with Gasteiger partial charge in [-0.25, -0.2) is 13.2 Å². The Morgan fingerprint density at radius 3 is 2.76 bits per heavy atom. The number of aromatic carboxylic acids is 1. The first-order valence-corrected chi connectivity index (χ1v) is 8.41. The number of hydrogen-bond donors (Lipinski definition) is 1. The molecule has 7 nitrogen and oxygen atoms in total. The van der Waals surface area contributed by atoms with Crippen LogP contribution in [0, 0.1) is 0 Å². The molecule has 2 unspecified atom stereocenters. The monoisotopic (exact) mass is 315 g/mol. The highest BCUT2D eigenvalue weighted by Crippen LogP contribution is 2.32. The Hall–Kier alpha value is -1.38. The van der Waals surface area contributed by atoms with Crippen LogP contribution in [0.2, 0.25) is 0 Å². The van der Waals surface area contributed by atoms with E-state index >= 15 is 0 Å². The van der Waals surface area contributed by atoms with Crippen molar-refractivity contribution in [2.75, 3.05) is 13.2 Å². The van der Waals surface area contributed by atoms with Gasteiger partial charge in [-0.15, -0.1) is 0 Å². The van der Waals surface area contributed by atoms with Crippen molar-refractivity contribution in [2.24, 2.45) is 0 Å². The molecule has 3 rings (SSSR count). The maximum atomic E-state index is 12.7. The molecular formula is C13H17NO6S. The molecule has 1 N–H and O–H groups in total. The number of rotatable bonds is 3. The van der Waals surface area contributed by atoms with Crippen molar-refractivity contribution in [2.45, 2.75) is 42.9 Å². The molecule has 0 bridgehead atoms. The minimum absolute atomic E-state index is 0.0730. The van der Waals surface area contributed by atoms with Gasteiger partial charge in [-0.05, 0) is 25.0 Å². The third-order valence-electron chi connectivity index (χ3n) is 4.04. The van der Waals surface area contributed by atoms with Crippen LogP contribution in [0.5, 0.6) is 0 Å². The lowest BCUT2D eigenvalue weighted by Crippen LogP contribution is -2.54. The molecule has 1 saturated heterocycles. The molecule has 2 heterocycles. The highest BCUT2D eigenvalue weighted by atomic mass is 32.2. The van der Waals surface area contributed by atoms with Gasteiger partial charge in [-0.1, -0.05) is 12.8 Å². The van der Waals surface area contributed by atoms with Gasteiger partial charge in [0, 0.05) is 6.54 Å². The van der Waals surface area contributed by atoms with E-state index in [2.05, 4.69) is 0 Å². The first-order chi connectivity index (χ1) is 10.00. The molecule has 21 heavy (non-hydrogen) atoms. The molecule has 1 aliphatic carbocycles. The predicted octanol–water partition coefficient (Wildman–Crippen LogP) is 1.31. The standard InChI is InChI=1S/C13H17NO6S/c15-13(16)11-5-6-12(20-11)21(17,18)14-7-8-19-10-4-2-1-3-9(10)14/h5-6,9-10H,1-4,7-8H2,(H,15,16). The normalized spacial score (nSPS) is 27.2. The van der Waals surface area contributed by atoms with E-state index in [4.69, 9.17) is 14.3 Å². The van der Waals surface area contributed by atoms with Crippen molar-refractivity contribution < 1.29 is 27.5 Å². The summed E-state index contributed by atoms with van der Waals surface area (Å²) < 4.78 is 37.4.